The van der Waals surface area contributed by atoms with Crippen molar-refractivity contribution in [3.8, 4) is 0 Å². The van der Waals surface area contributed by atoms with Gasteiger partial charge in [0.1, 0.15) is 17.4 Å². The first kappa shape index (κ1) is 12.8. The van der Waals surface area contributed by atoms with E-state index in [4.69, 9.17) is 10.3 Å². The number of hydrogen-bond acceptors (Lipinski definition) is 5. The van der Waals surface area contributed by atoms with Crippen LogP contribution in [0.2, 0.25) is 0 Å². The Morgan fingerprint density at radius 1 is 1.15 bits per heavy atom. The molecule has 5 nitrogen and oxygen atoms in total. The number of nitrogens with two attached hydrogens (primary N) is 1. The molecule has 0 aliphatic rings. The molecular formula is C15H16N4O. The lowest BCUT2D eigenvalue weighted by Gasteiger charge is -2.12. The van der Waals surface area contributed by atoms with Gasteiger partial charge >= 0.3 is 0 Å². The molecule has 0 spiro atoms. The number of fused-ring (bicyclic) bond motifs is 1. The molecule has 0 bridgehead atoms. The largest absolute Gasteiger partial charge is 0.459 e. The average molecular weight is 268 g/mol. The van der Waals surface area contributed by atoms with Gasteiger partial charge in [-0.15, -0.1) is 0 Å². The van der Waals surface area contributed by atoms with E-state index in [1.807, 2.05) is 25.1 Å². The Morgan fingerprint density at radius 2 is 2.00 bits per heavy atom. The molecule has 102 valence electrons. The van der Waals surface area contributed by atoms with Gasteiger partial charge in [-0.05, 0) is 32.0 Å². The molecule has 0 aliphatic heterocycles. The fraction of sp³-hybridized carbons (Fsp3) is 0.200. The third kappa shape index (κ3) is 2.29. The third-order valence-corrected chi connectivity index (χ3v) is 3.24. The van der Waals surface area contributed by atoms with Gasteiger partial charge < -0.3 is 4.42 Å². The molecule has 20 heavy (non-hydrogen) atoms. The van der Waals surface area contributed by atoms with Crippen molar-refractivity contribution < 1.29 is 4.42 Å². The fourth-order valence-corrected chi connectivity index (χ4v) is 2.19. The topological polar surface area (TPSA) is 77.0 Å². The van der Waals surface area contributed by atoms with Crippen LogP contribution < -0.4 is 11.3 Å². The van der Waals surface area contributed by atoms with E-state index in [0.717, 1.165) is 28.1 Å². The van der Waals surface area contributed by atoms with Crippen LogP contribution in [0, 0.1) is 13.8 Å². The molecule has 0 radical (unpaired) electrons. The number of nitrogens with one attached hydrogen (secondary N) is 1. The Morgan fingerprint density at radius 3 is 2.70 bits per heavy atom. The summed E-state index contributed by atoms with van der Waals surface area (Å²) in [5, 5.41) is 1.06. The van der Waals surface area contributed by atoms with Crippen molar-refractivity contribution in [3.05, 3.63) is 59.4 Å². The van der Waals surface area contributed by atoms with Gasteiger partial charge in [0.25, 0.3) is 0 Å². The zero-order chi connectivity index (χ0) is 14.1. The van der Waals surface area contributed by atoms with Gasteiger partial charge in [0.2, 0.25) is 0 Å². The van der Waals surface area contributed by atoms with Crippen LogP contribution in [-0.2, 0) is 0 Å². The molecule has 0 amide bonds. The van der Waals surface area contributed by atoms with Gasteiger partial charge in [0, 0.05) is 11.6 Å². The first-order chi connectivity index (χ1) is 9.67. The van der Waals surface area contributed by atoms with E-state index in [1.54, 1.807) is 12.4 Å². The zero-order valence-electron chi connectivity index (χ0n) is 11.4. The Bertz CT molecular complexity index is 733. The maximum Gasteiger partial charge on any atom is 0.134 e. The van der Waals surface area contributed by atoms with Crippen molar-refractivity contribution >= 4 is 11.0 Å². The molecule has 3 N–H and O–H groups in total. The summed E-state index contributed by atoms with van der Waals surface area (Å²) in [5.74, 6) is 6.38. The quantitative estimate of drug-likeness (QED) is 0.563. The van der Waals surface area contributed by atoms with Gasteiger partial charge in [-0.2, -0.15) is 0 Å². The molecule has 0 fully saturated rings. The van der Waals surface area contributed by atoms with Crippen LogP contribution in [0.25, 0.3) is 11.0 Å². The van der Waals surface area contributed by atoms with E-state index >= 15 is 0 Å². The summed E-state index contributed by atoms with van der Waals surface area (Å²) in [6, 6.07) is 7.73. The van der Waals surface area contributed by atoms with Crippen molar-refractivity contribution in [2.75, 3.05) is 0 Å². The molecule has 1 unspecified atom stereocenters. The number of hydrogen-bond donors (Lipinski definition) is 2. The van der Waals surface area contributed by atoms with E-state index < -0.39 is 0 Å². The third-order valence-electron chi connectivity index (χ3n) is 3.24. The second-order valence-corrected chi connectivity index (χ2v) is 4.87. The maximum absolute atomic E-state index is 5.85. The molecule has 1 atom stereocenters. The summed E-state index contributed by atoms with van der Waals surface area (Å²) in [6.45, 7) is 3.95. The molecule has 0 saturated heterocycles. The predicted molar refractivity (Wildman–Crippen MR) is 76.9 cm³/mol. The van der Waals surface area contributed by atoms with Crippen molar-refractivity contribution in [1.29, 1.82) is 0 Å². The van der Waals surface area contributed by atoms with Crippen LogP contribution in [-0.4, -0.2) is 9.97 Å². The van der Waals surface area contributed by atoms with Gasteiger partial charge in [-0.25, -0.2) is 5.43 Å². The number of rotatable bonds is 3. The highest BCUT2D eigenvalue weighted by atomic mass is 16.3. The van der Waals surface area contributed by atoms with Crippen LogP contribution in [0.5, 0.6) is 0 Å². The van der Waals surface area contributed by atoms with Crippen LogP contribution >= 0.6 is 0 Å². The highest BCUT2D eigenvalue weighted by molar-refractivity contribution is 5.78. The lowest BCUT2D eigenvalue weighted by atomic mass is 10.1. The van der Waals surface area contributed by atoms with Gasteiger partial charge in [-0.3, -0.25) is 15.8 Å². The first-order valence-corrected chi connectivity index (χ1v) is 6.42. The predicted octanol–water partition coefficient (Wildman–Crippen LogP) is 2.39. The van der Waals surface area contributed by atoms with E-state index in [2.05, 4.69) is 28.4 Å². The lowest BCUT2D eigenvalue weighted by Crippen LogP contribution is -2.29. The van der Waals surface area contributed by atoms with Crippen LogP contribution in [0.4, 0.5) is 0 Å². The molecular weight excluding hydrogens is 252 g/mol. The number of aromatic nitrogens is 2. The first-order valence-electron chi connectivity index (χ1n) is 6.42. The minimum Gasteiger partial charge on any atom is -0.459 e. The van der Waals surface area contributed by atoms with E-state index in [0.29, 0.717) is 0 Å². The second-order valence-electron chi connectivity index (χ2n) is 4.87. The van der Waals surface area contributed by atoms with Crippen molar-refractivity contribution in [2.24, 2.45) is 5.84 Å². The zero-order valence-corrected chi connectivity index (χ0v) is 11.4. The van der Waals surface area contributed by atoms with Crippen LogP contribution in [0.1, 0.15) is 28.8 Å². The van der Waals surface area contributed by atoms with Crippen molar-refractivity contribution in [3.63, 3.8) is 0 Å². The number of nitrogens with zero attached hydrogens (tertiary/aromatic N) is 2. The standard InChI is InChI=1S/C15H16N4O/c1-9-3-4-13-11(5-9)6-14(20-13)15(19-16)12-8-17-10(2)7-18-12/h3-8,15,19H,16H2,1-2H3. The molecule has 1 aromatic carbocycles. The molecule has 2 aromatic heterocycles. The maximum atomic E-state index is 5.85. The van der Waals surface area contributed by atoms with E-state index in [9.17, 15) is 0 Å². The minimum absolute atomic E-state index is 0.309. The summed E-state index contributed by atoms with van der Waals surface area (Å²) in [7, 11) is 0. The number of benzene rings is 1. The highest BCUT2D eigenvalue weighted by Gasteiger charge is 2.18. The van der Waals surface area contributed by atoms with Crippen LogP contribution in [0.15, 0.2) is 41.1 Å². The molecule has 0 saturated carbocycles. The monoisotopic (exact) mass is 268 g/mol. The average Bonchev–Trinajstić information content (AvgIpc) is 2.84. The fourth-order valence-electron chi connectivity index (χ4n) is 2.19. The van der Waals surface area contributed by atoms with Crippen molar-refractivity contribution in [2.45, 2.75) is 19.9 Å². The summed E-state index contributed by atoms with van der Waals surface area (Å²) in [5.41, 5.74) is 6.36. The molecule has 0 aliphatic carbocycles. The summed E-state index contributed by atoms with van der Waals surface area (Å²) >= 11 is 0. The summed E-state index contributed by atoms with van der Waals surface area (Å²) in [4.78, 5) is 8.59. The van der Waals surface area contributed by atoms with Gasteiger partial charge in [-0.1, -0.05) is 11.6 Å². The Hall–Kier alpha value is -2.24. The molecule has 2 heterocycles. The Kier molecular flexibility index (Phi) is 3.22. The highest BCUT2D eigenvalue weighted by Crippen LogP contribution is 2.27. The van der Waals surface area contributed by atoms with E-state index in [-0.39, 0.29) is 6.04 Å². The smallest absolute Gasteiger partial charge is 0.134 e. The number of furan rings is 1. The molecule has 3 aromatic rings. The van der Waals surface area contributed by atoms with Gasteiger partial charge in [0.15, 0.2) is 0 Å². The Labute approximate surface area is 116 Å². The van der Waals surface area contributed by atoms with Crippen LogP contribution in [0.3, 0.4) is 0 Å². The number of hydrazine groups is 1. The normalized spacial score (nSPS) is 12.8. The SMILES string of the molecule is Cc1ccc2oc(C(NN)c3cnc(C)cn3)cc2c1. The lowest BCUT2D eigenvalue weighted by molar-refractivity contribution is 0.470. The summed E-state index contributed by atoms with van der Waals surface area (Å²) in [6.07, 6.45) is 3.42. The van der Waals surface area contributed by atoms with E-state index in [1.165, 1.54) is 5.56 Å². The van der Waals surface area contributed by atoms with Gasteiger partial charge in [0.05, 0.1) is 17.6 Å². The van der Waals surface area contributed by atoms with Crippen molar-refractivity contribution in [1.82, 2.24) is 15.4 Å². The Balaban J connectivity index is 2.04. The molecule has 5 heteroatoms. The minimum atomic E-state index is -0.309. The number of aryl methyl sites for hydroxylation is 2. The molecule has 3 rings (SSSR count). The summed E-state index contributed by atoms with van der Waals surface area (Å²) < 4.78 is 5.85. The second kappa shape index (κ2) is 5.03.